The third-order valence-corrected chi connectivity index (χ3v) is 2.99. The summed E-state index contributed by atoms with van der Waals surface area (Å²) >= 11 is 0. The van der Waals surface area contributed by atoms with E-state index in [1.807, 2.05) is 6.20 Å². The minimum Gasteiger partial charge on any atom is -0.465 e. The molecule has 0 spiro atoms. The normalized spacial score (nSPS) is 10.4. The molecule has 0 unspecified atom stereocenters. The highest BCUT2D eigenvalue weighted by molar-refractivity contribution is 5.80. The number of carbonyl (C=O) groups is 2. The summed E-state index contributed by atoms with van der Waals surface area (Å²) in [5, 5.41) is 5.12. The lowest BCUT2D eigenvalue weighted by molar-refractivity contribution is -0.141. The number of aromatic amines is 1. The van der Waals surface area contributed by atoms with Crippen LogP contribution >= 0.6 is 0 Å². The maximum atomic E-state index is 11.5. The number of H-pyrrole nitrogens is 1. The molecular weight excluding hydrogens is 286 g/mol. The molecule has 3 N–H and O–H groups in total. The van der Waals surface area contributed by atoms with Crippen molar-refractivity contribution in [1.82, 2.24) is 25.6 Å². The Morgan fingerprint density at radius 3 is 2.91 bits per heavy atom. The second kappa shape index (κ2) is 7.96. The lowest BCUT2D eigenvalue weighted by Gasteiger charge is -2.07. The first kappa shape index (κ1) is 15.7. The summed E-state index contributed by atoms with van der Waals surface area (Å²) in [7, 11) is 0. The highest BCUT2D eigenvalue weighted by Gasteiger charge is 2.07. The molecule has 8 heteroatoms. The zero-order valence-electron chi connectivity index (χ0n) is 12.4. The first-order valence-corrected chi connectivity index (χ1v) is 7.15. The minimum absolute atomic E-state index is 0.127. The van der Waals surface area contributed by atoms with Gasteiger partial charge >= 0.3 is 12.0 Å². The maximum Gasteiger partial charge on any atom is 0.325 e. The van der Waals surface area contributed by atoms with Crippen molar-refractivity contribution >= 4 is 23.2 Å². The lowest BCUT2D eigenvalue weighted by Crippen LogP contribution is -2.39. The third kappa shape index (κ3) is 4.44. The standard InChI is InChI=1S/C14H19N5O3/c1-2-22-11(20)9-19-14(21)17-5-3-4-10-8-18-13-12(10)15-6-7-16-13/h6-8H,2-5,9H2,1H3,(H,16,18)(H2,17,19,21). The topological polar surface area (TPSA) is 109 Å². The molecule has 0 saturated heterocycles. The molecule has 0 aliphatic rings. The van der Waals surface area contributed by atoms with E-state index in [4.69, 9.17) is 4.74 Å². The Labute approximate surface area is 127 Å². The molecule has 0 saturated carbocycles. The van der Waals surface area contributed by atoms with Crippen molar-refractivity contribution in [2.24, 2.45) is 0 Å². The number of amides is 2. The summed E-state index contributed by atoms with van der Waals surface area (Å²) < 4.78 is 4.71. The highest BCUT2D eigenvalue weighted by atomic mass is 16.5. The Bertz CT molecular complexity index is 640. The fraction of sp³-hybridized carbons (Fsp3) is 0.429. The number of ether oxygens (including phenoxy) is 1. The van der Waals surface area contributed by atoms with Gasteiger partial charge in [-0.3, -0.25) is 9.78 Å². The van der Waals surface area contributed by atoms with Crippen LogP contribution in [0.4, 0.5) is 4.79 Å². The van der Waals surface area contributed by atoms with Crippen molar-refractivity contribution in [3.63, 3.8) is 0 Å². The number of hydrogen-bond donors (Lipinski definition) is 3. The van der Waals surface area contributed by atoms with Crippen LogP contribution in [0.2, 0.25) is 0 Å². The maximum absolute atomic E-state index is 11.5. The van der Waals surface area contributed by atoms with Crippen LogP contribution in [0.25, 0.3) is 11.2 Å². The Morgan fingerprint density at radius 1 is 1.27 bits per heavy atom. The van der Waals surface area contributed by atoms with Gasteiger partial charge in [0.15, 0.2) is 5.65 Å². The van der Waals surface area contributed by atoms with Gasteiger partial charge in [-0.1, -0.05) is 0 Å². The van der Waals surface area contributed by atoms with E-state index in [0.717, 1.165) is 29.6 Å². The average molecular weight is 305 g/mol. The number of carbonyl (C=O) groups excluding carboxylic acids is 2. The fourth-order valence-corrected chi connectivity index (χ4v) is 2.00. The number of aromatic nitrogens is 3. The molecule has 0 aliphatic carbocycles. The molecule has 0 atom stereocenters. The van der Waals surface area contributed by atoms with Gasteiger partial charge in [0, 0.05) is 25.1 Å². The SMILES string of the molecule is CCOC(=O)CNC(=O)NCCCc1c[nH]c2nccnc12. The number of rotatable bonds is 7. The second-order valence-corrected chi connectivity index (χ2v) is 4.59. The van der Waals surface area contributed by atoms with Crippen LogP contribution in [0.15, 0.2) is 18.6 Å². The van der Waals surface area contributed by atoms with Crippen LogP contribution in [0, 0.1) is 0 Å². The molecule has 8 nitrogen and oxygen atoms in total. The summed E-state index contributed by atoms with van der Waals surface area (Å²) in [5.41, 5.74) is 2.68. The van der Waals surface area contributed by atoms with Gasteiger partial charge in [0.1, 0.15) is 12.1 Å². The molecule has 0 fully saturated rings. The smallest absolute Gasteiger partial charge is 0.325 e. The highest BCUT2D eigenvalue weighted by Crippen LogP contribution is 2.14. The summed E-state index contributed by atoms with van der Waals surface area (Å²) in [5.74, 6) is -0.449. The summed E-state index contributed by atoms with van der Waals surface area (Å²) in [6.07, 6.45) is 6.71. The van der Waals surface area contributed by atoms with E-state index in [-0.39, 0.29) is 12.6 Å². The molecule has 118 valence electrons. The van der Waals surface area contributed by atoms with Crippen LogP contribution in [-0.2, 0) is 16.0 Å². The van der Waals surface area contributed by atoms with Crippen LogP contribution < -0.4 is 10.6 Å². The lowest BCUT2D eigenvalue weighted by atomic mass is 10.2. The van der Waals surface area contributed by atoms with Crippen molar-refractivity contribution in [1.29, 1.82) is 0 Å². The number of urea groups is 1. The van der Waals surface area contributed by atoms with E-state index >= 15 is 0 Å². The van der Waals surface area contributed by atoms with Crippen molar-refractivity contribution < 1.29 is 14.3 Å². The van der Waals surface area contributed by atoms with E-state index in [9.17, 15) is 9.59 Å². The zero-order valence-corrected chi connectivity index (χ0v) is 12.4. The van der Waals surface area contributed by atoms with Crippen molar-refractivity contribution in [3.05, 3.63) is 24.2 Å². The Morgan fingerprint density at radius 2 is 2.09 bits per heavy atom. The van der Waals surface area contributed by atoms with E-state index < -0.39 is 5.97 Å². The van der Waals surface area contributed by atoms with Crippen molar-refractivity contribution in [2.75, 3.05) is 19.7 Å². The molecule has 2 aromatic heterocycles. The van der Waals surface area contributed by atoms with Crippen molar-refractivity contribution in [2.45, 2.75) is 19.8 Å². The first-order valence-electron chi connectivity index (χ1n) is 7.15. The first-order chi connectivity index (χ1) is 10.7. The van der Waals surface area contributed by atoms with Gasteiger partial charge in [0.05, 0.1) is 6.61 Å². The van der Waals surface area contributed by atoms with E-state index in [1.54, 1.807) is 19.3 Å². The summed E-state index contributed by atoms with van der Waals surface area (Å²) in [6.45, 7) is 2.39. The van der Waals surface area contributed by atoms with Crippen LogP contribution in [0.1, 0.15) is 18.9 Å². The van der Waals surface area contributed by atoms with Crippen molar-refractivity contribution in [3.8, 4) is 0 Å². The van der Waals surface area contributed by atoms with Crippen LogP contribution in [-0.4, -0.2) is 46.6 Å². The molecule has 22 heavy (non-hydrogen) atoms. The predicted molar refractivity (Wildman–Crippen MR) is 80.2 cm³/mol. The predicted octanol–water partition coefficient (Wildman–Crippen LogP) is 0.753. The quantitative estimate of drug-likeness (QED) is 0.516. The third-order valence-electron chi connectivity index (χ3n) is 2.99. The molecule has 0 aliphatic heterocycles. The largest absolute Gasteiger partial charge is 0.465 e. The van der Waals surface area contributed by atoms with Crippen LogP contribution in [0.5, 0.6) is 0 Å². The molecular formula is C14H19N5O3. The Hall–Kier alpha value is -2.64. The number of esters is 1. The molecule has 0 bridgehead atoms. The fourth-order valence-electron chi connectivity index (χ4n) is 2.00. The van der Waals surface area contributed by atoms with Gasteiger partial charge in [0.2, 0.25) is 0 Å². The van der Waals surface area contributed by atoms with Gasteiger partial charge in [0.25, 0.3) is 0 Å². The Balaban J connectivity index is 1.67. The number of hydrogen-bond acceptors (Lipinski definition) is 5. The molecule has 2 rings (SSSR count). The summed E-state index contributed by atoms with van der Waals surface area (Å²) in [6, 6.07) is -0.383. The van der Waals surface area contributed by atoms with E-state index in [1.165, 1.54) is 0 Å². The molecule has 2 heterocycles. The van der Waals surface area contributed by atoms with Crippen LogP contribution in [0.3, 0.4) is 0 Å². The average Bonchev–Trinajstić information content (AvgIpc) is 2.93. The number of aryl methyl sites for hydroxylation is 1. The number of nitrogens with one attached hydrogen (secondary N) is 3. The number of fused-ring (bicyclic) bond motifs is 1. The van der Waals surface area contributed by atoms with E-state index in [2.05, 4.69) is 25.6 Å². The number of nitrogens with zero attached hydrogens (tertiary/aromatic N) is 2. The second-order valence-electron chi connectivity index (χ2n) is 4.59. The van der Waals surface area contributed by atoms with Gasteiger partial charge in [-0.15, -0.1) is 0 Å². The van der Waals surface area contributed by atoms with E-state index in [0.29, 0.717) is 13.2 Å². The summed E-state index contributed by atoms with van der Waals surface area (Å²) in [4.78, 5) is 34.1. The molecule has 0 aromatic carbocycles. The molecule has 0 radical (unpaired) electrons. The molecule has 2 aromatic rings. The van der Waals surface area contributed by atoms with Gasteiger partial charge in [-0.25, -0.2) is 9.78 Å². The van der Waals surface area contributed by atoms with Gasteiger partial charge in [-0.05, 0) is 25.3 Å². The zero-order chi connectivity index (χ0) is 15.8. The Kier molecular flexibility index (Phi) is 5.70. The van der Waals surface area contributed by atoms with Gasteiger partial charge in [-0.2, -0.15) is 0 Å². The van der Waals surface area contributed by atoms with Gasteiger partial charge < -0.3 is 20.4 Å². The monoisotopic (exact) mass is 305 g/mol. The molecule has 2 amide bonds. The minimum atomic E-state index is -0.449.